The molecule has 1 N–H and O–H groups in total. The maximum atomic E-state index is 12.2. The van der Waals surface area contributed by atoms with Crippen LogP contribution >= 0.6 is 11.3 Å². The molecule has 0 radical (unpaired) electrons. The summed E-state index contributed by atoms with van der Waals surface area (Å²) in [5.74, 6) is -0.205. The lowest BCUT2D eigenvalue weighted by atomic mass is 10.2. The van der Waals surface area contributed by atoms with Gasteiger partial charge in [-0.25, -0.2) is 4.98 Å². The molecule has 7 heteroatoms. The Bertz CT molecular complexity index is 876. The molecule has 6 nitrogen and oxygen atoms in total. The van der Waals surface area contributed by atoms with Crippen molar-refractivity contribution >= 4 is 23.2 Å². The summed E-state index contributed by atoms with van der Waals surface area (Å²) in [6, 6.07) is 10.2. The summed E-state index contributed by atoms with van der Waals surface area (Å²) in [7, 11) is 0. The average molecular weight is 353 g/mol. The predicted octanol–water partition coefficient (Wildman–Crippen LogP) is 3.06. The first kappa shape index (κ1) is 16.8. The van der Waals surface area contributed by atoms with Crippen LogP contribution in [0.4, 0.5) is 0 Å². The van der Waals surface area contributed by atoms with E-state index in [9.17, 15) is 9.59 Å². The van der Waals surface area contributed by atoms with Gasteiger partial charge in [0.05, 0.1) is 12.2 Å². The molecule has 0 spiro atoms. The van der Waals surface area contributed by atoms with Gasteiger partial charge in [-0.3, -0.25) is 14.6 Å². The van der Waals surface area contributed by atoms with Crippen LogP contribution in [0, 0.1) is 0 Å². The molecule has 0 saturated heterocycles. The van der Waals surface area contributed by atoms with Gasteiger partial charge >= 0.3 is 5.97 Å². The molecule has 1 amide bonds. The zero-order valence-electron chi connectivity index (χ0n) is 13.4. The molecule has 2 aromatic heterocycles. The topological polar surface area (TPSA) is 81.2 Å². The Balaban J connectivity index is 1.59. The summed E-state index contributed by atoms with van der Waals surface area (Å²) in [4.78, 5) is 31.6. The van der Waals surface area contributed by atoms with E-state index in [0.29, 0.717) is 17.9 Å². The van der Waals surface area contributed by atoms with Gasteiger partial charge in [0.25, 0.3) is 5.91 Å². The van der Waals surface area contributed by atoms with E-state index in [1.807, 2.05) is 17.5 Å². The van der Waals surface area contributed by atoms with Crippen LogP contribution in [-0.4, -0.2) is 21.8 Å². The zero-order chi connectivity index (χ0) is 17.6. The number of pyridine rings is 1. The van der Waals surface area contributed by atoms with E-state index in [-0.39, 0.29) is 5.91 Å². The highest BCUT2D eigenvalue weighted by molar-refractivity contribution is 7.13. The molecule has 0 saturated carbocycles. The number of hydrogen-bond donors (Lipinski definition) is 1. The number of esters is 1. The first-order chi connectivity index (χ1) is 12.1. The van der Waals surface area contributed by atoms with Crippen molar-refractivity contribution < 1.29 is 14.3 Å². The molecule has 0 aliphatic heterocycles. The van der Waals surface area contributed by atoms with Gasteiger partial charge in [0.2, 0.25) is 0 Å². The maximum absolute atomic E-state index is 12.2. The van der Waals surface area contributed by atoms with E-state index in [1.165, 1.54) is 18.3 Å². The first-order valence-corrected chi connectivity index (χ1v) is 8.41. The van der Waals surface area contributed by atoms with Gasteiger partial charge < -0.3 is 10.1 Å². The standard InChI is InChI=1S/C18H15N3O3S/c1-12(22)24-16-4-2-13(3-5-16)17(23)20-10-15-11-25-18(21-15)14-6-8-19-9-7-14/h2-9,11H,10H2,1H3,(H,20,23). The van der Waals surface area contributed by atoms with E-state index in [4.69, 9.17) is 4.74 Å². The molecule has 0 atom stereocenters. The fraction of sp³-hybridized carbons (Fsp3) is 0.111. The summed E-state index contributed by atoms with van der Waals surface area (Å²) >= 11 is 1.52. The number of benzene rings is 1. The normalized spacial score (nSPS) is 10.3. The highest BCUT2D eigenvalue weighted by atomic mass is 32.1. The smallest absolute Gasteiger partial charge is 0.308 e. The van der Waals surface area contributed by atoms with Crippen LogP contribution in [0.3, 0.4) is 0 Å². The molecule has 0 aliphatic rings. The molecule has 3 aromatic rings. The maximum Gasteiger partial charge on any atom is 0.308 e. The molecule has 3 rings (SSSR count). The molecule has 126 valence electrons. The lowest BCUT2D eigenvalue weighted by Gasteiger charge is -2.05. The first-order valence-electron chi connectivity index (χ1n) is 7.53. The molecule has 2 heterocycles. The van der Waals surface area contributed by atoms with Crippen LogP contribution in [0.2, 0.25) is 0 Å². The van der Waals surface area contributed by atoms with Crippen LogP contribution in [0.15, 0.2) is 54.2 Å². The van der Waals surface area contributed by atoms with Crippen LogP contribution in [0.1, 0.15) is 23.0 Å². The Labute approximate surface area is 148 Å². The predicted molar refractivity (Wildman–Crippen MR) is 94.3 cm³/mol. The Hall–Kier alpha value is -3.06. The number of carbonyl (C=O) groups is 2. The highest BCUT2D eigenvalue weighted by Crippen LogP contribution is 2.22. The van der Waals surface area contributed by atoms with Gasteiger partial charge in [-0.2, -0.15) is 0 Å². The summed E-state index contributed by atoms with van der Waals surface area (Å²) in [6.07, 6.45) is 3.44. The van der Waals surface area contributed by atoms with Crippen molar-refractivity contribution in [2.75, 3.05) is 0 Å². The number of nitrogens with one attached hydrogen (secondary N) is 1. The average Bonchev–Trinajstić information content (AvgIpc) is 3.10. The quantitative estimate of drug-likeness (QED) is 0.563. The number of ether oxygens (including phenoxy) is 1. The Kier molecular flexibility index (Phi) is 5.15. The lowest BCUT2D eigenvalue weighted by Crippen LogP contribution is -2.22. The number of thiazole rings is 1. The molecule has 1 aromatic carbocycles. The number of aromatic nitrogens is 2. The Morgan fingerprint density at radius 3 is 2.52 bits per heavy atom. The zero-order valence-corrected chi connectivity index (χ0v) is 14.2. The summed E-state index contributed by atoms with van der Waals surface area (Å²) < 4.78 is 4.94. The molecular formula is C18H15N3O3S. The minimum Gasteiger partial charge on any atom is -0.427 e. The van der Waals surface area contributed by atoms with Crippen molar-refractivity contribution in [3.63, 3.8) is 0 Å². The van der Waals surface area contributed by atoms with Gasteiger partial charge in [-0.1, -0.05) is 0 Å². The van der Waals surface area contributed by atoms with Crippen molar-refractivity contribution in [2.24, 2.45) is 0 Å². The minimum absolute atomic E-state index is 0.215. The van der Waals surface area contributed by atoms with Crippen LogP contribution in [-0.2, 0) is 11.3 Å². The lowest BCUT2D eigenvalue weighted by molar-refractivity contribution is -0.131. The van der Waals surface area contributed by atoms with E-state index in [1.54, 1.807) is 36.7 Å². The van der Waals surface area contributed by atoms with Crippen molar-refractivity contribution in [3.05, 3.63) is 65.4 Å². The van der Waals surface area contributed by atoms with E-state index < -0.39 is 5.97 Å². The number of rotatable bonds is 5. The highest BCUT2D eigenvalue weighted by Gasteiger charge is 2.09. The van der Waals surface area contributed by atoms with Crippen molar-refractivity contribution in [1.82, 2.24) is 15.3 Å². The molecule has 0 aliphatic carbocycles. The molecule has 25 heavy (non-hydrogen) atoms. The van der Waals surface area contributed by atoms with E-state index in [2.05, 4.69) is 15.3 Å². The SMILES string of the molecule is CC(=O)Oc1ccc(C(=O)NCc2csc(-c3ccncc3)n2)cc1. The number of amides is 1. The largest absolute Gasteiger partial charge is 0.427 e. The second-order valence-corrected chi connectivity index (χ2v) is 6.04. The summed E-state index contributed by atoms with van der Waals surface area (Å²) in [6.45, 7) is 1.67. The Morgan fingerprint density at radius 2 is 1.84 bits per heavy atom. The van der Waals surface area contributed by atoms with Crippen molar-refractivity contribution in [1.29, 1.82) is 0 Å². The summed E-state index contributed by atoms with van der Waals surface area (Å²) in [5.41, 5.74) is 2.28. The molecule has 0 bridgehead atoms. The Morgan fingerprint density at radius 1 is 1.12 bits per heavy atom. The van der Waals surface area contributed by atoms with Gasteiger partial charge in [-0.15, -0.1) is 11.3 Å². The third-order valence-electron chi connectivity index (χ3n) is 3.29. The third-order valence-corrected chi connectivity index (χ3v) is 4.23. The van der Waals surface area contributed by atoms with Crippen LogP contribution < -0.4 is 10.1 Å². The molecule has 0 fully saturated rings. The van der Waals surface area contributed by atoms with E-state index >= 15 is 0 Å². The van der Waals surface area contributed by atoms with Crippen molar-refractivity contribution in [2.45, 2.75) is 13.5 Å². The third kappa shape index (κ3) is 4.48. The van der Waals surface area contributed by atoms with Gasteiger partial charge in [0.1, 0.15) is 10.8 Å². The second-order valence-electron chi connectivity index (χ2n) is 5.18. The van der Waals surface area contributed by atoms with Gasteiger partial charge in [-0.05, 0) is 36.4 Å². The summed E-state index contributed by atoms with van der Waals surface area (Å²) in [5, 5.41) is 5.63. The molecule has 0 unspecified atom stereocenters. The van der Waals surface area contributed by atoms with Gasteiger partial charge in [0.15, 0.2) is 0 Å². The second kappa shape index (κ2) is 7.67. The monoisotopic (exact) mass is 353 g/mol. The fourth-order valence-corrected chi connectivity index (χ4v) is 2.95. The fourth-order valence-electron chi connectivity index (χ4n) is 2.13. The van der Waals surface area contributed by atoms with E-state index in [0.717, 1.165) is 16.3 Å². The van der Waals surface area contributed by atoms with Gasteiger partial charge in [0, 0.05) is 35.8 Å². The number of hydrogen-bond acceptors (Lipinski definition) is 6. The minimum atomic E-state index is -0.397. The van der Waals surface area contributed by atoms with Crippen molar-refractivity contribution in [3.8, 4) is 16.3 Å². The van der Waals surface area contributed by atoms with Crippen LogP contribution in [0.5, 0.6) is 5.75 Å². The van der Waals surface area contributed by atoms with Crippen LogP contribution in [0.25, 0.3) is 10.6 Å². The number of nitrogens with zero attached hydrogens (tertiary/aromatic N) is 2. The molecular weight excluding hydrogens is 338 g/mol. The number of carbonyl (C=O) groups excluding carboxylic acids is 2.